The third-order valence-electron chi connectivity index (χ3n) is 4.31. The van der Waals surface area contributed by atoms with E-state index in [1.54, 1.807) is 6.26 Å². The first-order valence-electron chi connectivity index (χ1n) is 7.70. The van der Waals surface area contributed by atoms with Crippen LogP contribution in [0.3, 0.4) is 0 Å². The number of benzene rings is 2. The molecule has 120 valence electrons. The van der Waals surface area contributed by atoms with Crippen LogP contribution < -0.4 is 4.74 Å². The topological polar surface area (TPSA) is 25.6 Å². The minimum absolute atomic E-state index is 0. The summed E-state index contributed by atoms with van der Waals surface area (Å²) in [5, 5.41) is 2.35. The van der Waals surface area contributed by atoms with E-state index < -0.39 is 0 Å². The van der Waals surface area contributed by atoms with Gasteiger partial charge in [-0.15, -0.1) is 12.4 Å². The summed E-state index contributed by atoms with van der Waals surface area (Å²) >= 11 is 0. The molecule has 0 amide bonds. The maximum atomic E-state index is 6.36. The summed E-state index contributed by atoms with van der Waals surface area (Å²) in [4.78, 5) is 2.31. The fourth-order valence-electron chi connectivity index (χ4n) is 3.16. The van der Waals surface area contributed by atoms with E-state index in [0.717, 1.165) is 36.4 Å². The SMILES string of the molecule is CN1CCC(Oc2cccc3ccccc23)c2occc2C1.Cl. The van der Waals surface area contributed by atoms with Gasteiger partial charge in [0, 0.05) is 30.5 Å². The van der Waals surface area contributed by atoms with Crippen molar-refractivity contribution in [1.29, 1.82) is 0 Å². The van der Waals surface area contributed by atoms with Gasteiger partial charge < -0.3 is 14.1 Å². The van der Waals surface area contributed by atoms with Crippen molar-refractivity contribution in [3.8, 4) is 5.75 Å². The molecule has 3 nitrogen and oxygen atoms in total. The second kappa shape index (κ2) is 6.65. The van der Waals surface area contributed by atoms with E-state index in [9.17, 15) is 0 Å². The Bertz CT molecular complexity index is 793. The minimum atomic E-state index is -0.0271. The Morgan fingerprint density at radius 1 is 1.09 bits per heavy atom. The molecular weight excluding hydrogens is 310 g/mol. The van der Waals surface area contributed by atoms with Crippen molar-refractivity contribution < 1.29 is 9.15 Å². The highest BCUT2D eigenvalue weighted by Crippen LogP contribution is 2.34. The van der Waals surface area contributed by atoms with Crippen LogP contribution in [0.4, 0.5) is 0 Å². The zero-order valence-corrected chi connectivity index (χ0v) is 13.9. The third-order valence-corrected chi connectivity index (χ3v) is 4.31. The number of fused-ring (bicyclic) bond motifs is 2. The number of ether oxygens (including phenoxy) is 1. The van der Waals surface area contributed by atoms with E-state index in [1.165, 1.54) is 10.9 Å². The zero-order chi connectivity index (χ0) is 14.9. The van der Waals surface area contributed by atoms with Crippen molar-refractivity contribution in [2.75, 3.05) is 13.6 Å². The average molecular weight is 330 g/mol. The lowest BCUT2D eigenvalue weighted by Gasteiger charge is -2.18. The Hall–Kier alpha value is -1.97. The molecular formula is C19H20ClNO2. The second-order valence-corrected chi connectivity index (χ2v) is 5.92. The van der Waals surface area contributed by atoms with Gasteiger partial charge in [-0.1, -0.05) is 36.4 Å². The Labute approximate surface area is 142 Å². The average Bonchev–Trinajstić information content (AvgIpc) is 2.94. The predicted molar refractivity (Wildman–Crippen MR) is 94.2 cm³/mol. The van der Waals surface area contributed by atoms with Gasteiger partial charge in [0.05, 0.1) is 6.26 Å². The highest BCUT2D eigenvalue weighted by Gasteiger charge is 2.25. The van der Waals surface area contributed by atoms with Crippen molar-refractivity contribution in [2.45, 2.75) is 19.1 Å². The number of hydrogen-bond acceptors (Lipinski definition) is 3. The summed E-state index contributed by atoms with van der Waals surface area (Å²) in [7, 11) is 2.14. The van der Waals surface area contributed by atoms with Crippen LogP contribution in [0, 0.1) is 0 Å². The van der Waals surface area contributed by atoms with Crippen LogP contribution in [0.1, 0.15) is 23.8 Å². The normalized spacial score (nSPS) is 18.0. The highest BCUT2D eigenvalue weighted by atomic mass is 35.5. The first-order valence-corrected chi connectivity index (χ1v) is 7.70. The van der Waals surface area contributed by atoms with Gasteiger partial charge in [-0.05, 0) is 24.6 Å². The molecule has 1 aromatic heterocycles. The molecule has 4 rings (SSSR count). The van der Waals surface area contributed by atoms with Crippen LogP contribution in [0.5, 0.6) is 5.75 Å². The summed E-state index contributed by atoms with van der Waals surface area (Å²) in [5.41, 5.74) is 1.23. The van der Waals surface area contributed by atoms with Gasteiger partial charge in [-0.3, -0.25) is 0 Å². The maximum Gasteiger partial charge on any atom is 0.158 e. The molecule has 2 heterocycles. The zero-order valence-electron chi connectivity index (χ0n) is 13.1. The van der Waals surface area contributed by atoms with E-state index in [1.807, 2.05) is 18.2 Å². The molecule has 0 fully saturated rings. The maximum absolute atomic E-state index is 6.36. The molecule has 0 saturated heterocycles. The third kappa shape index (κ3) is 3.07. The van der Waals surface area contributed by atoms with Gasteiger partial charge in [0.2, 0.25) is 0 Å². The number of halogens is 1. The van der Waals surface area contributed by atoms with Crippen LogP contribution >= 0.6 is 12.4 Å². The van der Waals surface area contributed by atoms with Crippen molar-refractivity contribution in [1.82, 2.24) is 4.90 Å². The number of nitrogens with zero attached hydrogens (tertiary/aromatic N) is 1. The molecule has 1 unspecified atom stereocenters. The van der Waals surface area contributed by atoms with Crippen molar-refractivity contribution in [3.63, 3.8) is 0 Å². The molecule has 0 aliphatic carbocycles. The fraction of sp³-hybridized carbons (Fsp3) is 0.263. The molecule has 0 bridgehead atoms. The Kier molecular flexibility index (Phi) is 4.60. The van der Waals surface area contributed by atoms with Gasteiger partial charge in [0.1, 0.15) is 11.5 Å². The molecule has 1 aliphatic rings. The molecule has 0 saturated carbocycles. The van der Waals surface area contributed by atoms with E-state index >= 15 is 0 Å². The van der Waals surface area contributed by atoms with E-state index in [4.69, 9.17) is 9.15 Å². The van der Waals surface area contributed by atoms with Crippen LogP contribution in [0.2, 0.25) is 0 Å². The van der Waals surface area contributed by atoms with Gasteiger partial charge in [-0.2, -0.15) is 0 Å². The lowest BCUT2D eigenvalue weighted by Crippen LogP contribution is -2.18. The summed E-state index contributed by atoms with van der Waals surface area (Å²) in [6, 6.07) is 16.6. The highest BCUT2D eigenvalue weighted by molar-refractivity contribution is 5.88. The fourth-order valence-corrected chi connectivity index (χ4v) is 3.16. The molecule has 0 N–H and O–H groups in total. The lowest BCUT2D eigenvalue weighted by atomic mass is 10.1. The number of furan rings is 1. The first kappa shape index (κ1) is 15.9. The van der Waals surface area contributed by atoms with Crippen molar-refractivity contribution >= 4 is 23.2 Å². The van der Waals surface area contributed by atoms with Crippen LogP contribution in [0.25, 0.3) is 10.8 Å². The second-order valence-electron chi connectivity index (χ2n) is 5.92. The molecule has 4 heteroatoms. The molecule has 2 aromatic carbocycles. The standard InChI is InChI=1S/C19H19NO2.ClH/c1-20-11-9-18(19-15(13-20)10-12-21-19)22-17-8-4-6-14-5-2-3-7-16(14)17;/h2-8,10,12,18H,9,11,13H2,1H3;1H. The summed E-state index contributed by atoms with van der Waals surface area (Å²) in [6.07, 6.45) is 2.67. The van der Waals surface area contributed by atoms with E-state index in [2.05, 4.69) is 42.3 Å². The summed E-state index contributed by atoms with van der Waals surface area (Å²) in [5.74, 6) is 1.90. The van der Waals surface area contributed by atoms with Crippen molar-refractivity contribution in [2.24, 2.45) is 0 Å². The minimum Gasteiger partial charge on any atom is -0.482 e. The van der Waals surface area contributed by atoms with Crippen molar-refractivity contribution in [3.05, 3.63) is 66.1 Å². The van der Waals surface area contributed by atoms with Crippen LogP contribution in [0.15, 0.2) is 59.2 Å². The number of hydrogen-bond donors (Lipinski definition) is 0. The summed E-state index contributed by atoms with van der Waals surface area (Å²) < 4.78 is 12.1. The Morgan fingerprint density at radius 3 is 2.83 bits per heavy atom. The monoisotopic (exact) mass is 329 g/mol. The van der Waals surface area contributed by atoms with Gasteiger partial charge in [0.25, 0.3) is 0 Å². The molecule has 0 spiro atoms. The molecule has 23 heavy (non-hydrogen) atoms. The molecule has 0 radical (unpaired) electrons. The van der Waals surface area contributed by atoms with Crippen LogP contribution in [-0.2, 0) is 6.54 Å². The Balaban J connectivity index is 0.00000156. The molecule has 3 aromatic rings. The first-order chi connectivity index (χ1) is 10.8. The smallest absolute Gasteiger partial charge is 0.158 e. The molecule has 1 atom stereocenters. The van der Waals surface area contributed by atoms with Crippen LogP contribution in [-0.4, -0.2) is 18.5 Å². The van der Waals surface area contributed by atoms with Gasteiger partial charge >= 0.3 is 0 Å². The van der Waals surface area contributed by atoms with Gasteiger partial charge in [0.15, 0.2) is 6.10 Å². The largest absolute Gasteiger partial charge is 0.482 e. The predicted octanol–water partition coefficient (Wildman–Crippen LogP) is 4.81. The van der Waals surface area contributed by atoms with Gasteiger partial charge in [-0.25, -0.2) is 0 Å². The molecule has 1 aliphatic heterocycles. The van der Waals surface area contributed by atoms with E-state index in [-0.39, 0.29) is 18.5 Å². The summed E-state index contributed by atoms with van der Waals surface area (Å²) in [6.45, 7) is 1.92. The van der Waals surface area contributed by atoms with E-state index in [0.29, 0.717) is 0 Å². The number of rotatable bonds is 2. The Morgan fingerprint density at radius 2 is 1.91 bits per heavy atom. The lowest BCUT2D eigenvalue weighted by molar-refractivity contribution is 0.161. The quantitative estimate of drug-likeness (QED) is 0.674.